The monoisotopic (exact) mass is 438 g/mol. The van der Waals surface area contributed by atoms with E-state index in [-0.39, 0.29) is 31.1 Å². The molecule has 160 valence electrons. The van der Waals surface area contributed by atoms with Crippen LogP contribution < -0.4 is 4.31 Å². The zero-order chi connectivity index (χ0) is 21.7. The largest absolute Gasteiger partial charge is 0.416 e. The van der Waals surface area contributed by atoms with Crippen LogP contribution in [0.1, 0.15) is 29.5 Å². The molecular formula is C21H21F3N2O3S. The summed E-state index contributed by atoms with van der Waals surface area (Å²) in [6.07, 6.45) is -2.77. The van der Waals surface area contributed by atoms with Crippen LogP contribution in [0, 0.1) is 0 Å². The molecule has 0 radical (unpaired) electrons. The van der Waals surface area contributed by atoms with E-state index < -0.39 is 27.2 Å². The minimum atomic E-state index is -4.55. The summed E-state index contributed by atoms with van der Waals surface area (Å²) >= 11 is 0. The third-order valence-electron chi connectivity index (χ3n) is 5.79. The minimum Gasteiger partial charge on any atom is -0.336 e. The summed E-state index contributed by atoms with van der Waals surface area (Å²) in [5, 5.41) is 0. The fourth-order valence-electron chi connectivity index (χ4n) is 4.20. The van der Waals surface area contributed by atoms with Crippen molar-refractivity contribution in [2.75, 3.05) is 23.7 Å². The number of nitrogens with zero attached hydrogens (tertiary/aromatic N) is 2. The van der Waals surface area contributed by atoms with Gasteiger partial charge >= 0.3 is 6.18 Å². The summed E-state index contributed by atoms with van der Waals surface area (Å²) in [6.45, 7) is 0.312. The predicted molar refractivity (Wildman–Crippen MR) is 106 cm³/mol. The Morgan fingerprint density at radius 3 is 2.27 bits per heavy atom. The van der Waals surface area contributed by atoms with Crippen molar-refractivity contribution in [2.24, 2.45) is 0 Å². The number of hydrogen-bond donors (Lipinski definition) is 0. The van der Waals surface area contributed by atoms with Crippen LogP contribution in [0.2, 0.25) is 0 Å². The average molecular weight is 438 g/mol. The molecule has 5 nitrogen and oxygen atoms in total. The first-order valence-electron chi connectivity index (χ1n) is 9.56. The van der Waals surface area contributed by atoms with Gasteiger partial charge in [0, 0.05) is 13.1 Å². The standard InChI is InChI=1S/C21H21F3N2O3S/c1-30(28,29)26-13-12-25(14-15-6-2-5-9-18(15)26)19(27)20(10-11-20)16-7-3-4-8-17(16)21(22,23)24/h2-9H,10-14H2,1H3. The smallest absolute Gasteiger partial charge is 0.336 e. The predicted octanol–water partition coefficient (Wildman–Crippen LogP) is 3.55. The number of anilines is 1. The van der Waals surface area contributed by atoms with Crippen molar-refractivity contribution in [3.8, 4) is 0 Å². The summed E-state index contributed by atoms with van der Waals surface area (Å²) in [5.41, 5.74) is -0.852. The number of sulfonamides is 1. The lowest BCUT2D eigenvalue weighted by Crippen LogP contribution is -2.42. The van der Waals surface area contributed by atoms with Crippen molar-refractivity contribution < 1.29 is 26.4 Å². The highest BCUT2D eigenvalue weighted by Gasteiger charge is 2.56. The maximum absolute atomic E-state index is 13.6. The molecule has 2 aliphatic rings. The van der Waals surface area contributed by atoms with E-state index in [0.29, 0.717) is 24.1 Å². The Bertz CT molecular complexity index is 1090. The molecule has 4 rings (SSSR count). The molecule has 1 amide bonds. The molecule has 2 aromatic carbocycles. The Kier molecular flexibility index (Phi) is 4.84. The molecule has 1 aliphatic carbocycles. The quantitative estimate of drug-likeness (QED) is 0.737. The van der Waals surface area contributed by atoms with Crippen molar-refractivity contribution in [3.63, 3.8) is 0 Å². The summed E-state index contributed by atoms with van der Waals surface area (Å²) in [6, 6.07) is 12.1. The van der Waals surface area contributed by atoms with Gasteiger partial charge in [0.2, 0.25) is 15.9 Å². The van der Waals surface area contributed by atoms with Gasteiger partial charge in [-0.15, -0.1) is 0 Å². The molecule has 30 heavy (non-hydrogen) atoms. The number of fused-ring (bicyclic) bond motifs is 1. The highest BCUT2D eigenvalue weighted by atomic mass is 32.2. The van der Waals surface area contributed by atoms with E-state index in [4.69, 9.17) is 0 Å². The van der Waals surface area contributed by atoms with Gasteiger partial charge < -0.3 is 4.90 Å². The molecule has 2 aromatic rings. The number of para-hydroxylation sites is 1. The van der Waals surface area contributed by atoms with E-state index in [1.807, 2.05) is 0 Å². The van der Waals surface area contributed by atoms with Gasteiger partial charge in [-0.05, 0) is 36.1 Å². The van der Waals surface area contributed by atoms with Gasteiger partial charge in [-0.25, -0.2) is 8.42 Å². The molecule has 1 aliphatic heterocycles. The molecular weight excluding hydrogens is 417 g/mol. The summed E-state index contributed by atoms with van der Waals surface area (Å²) < 4.78 is 66.4. The number of alkyl halides is 3. The van der Waals surface area contributed by atoms with Crippen molar-refractivity contribution in [1.29, 1.82) is 0 Å². The number of benzene rings is 2. The lowest BCUT2D eigenvalue weighted by atomic mass is 9.89. The van der Waals surface area contributed by atoms with Gasteiger partial charge in [0.05, 0.1) is 29.5 Å². The first-order valence-corrected chi connectivity index (χ1v) is 11.4. The fraction of sp³-hybridized carbons (Fsp3) is 0.381. The van der Waals surface area contributed by atoms with E-state index in [9.17, 15) is 26.4 Å². The first kappa shape index (κ1) is 20.7. The molecule has 0 bridgehead atoms. The van der Waals surface area contributed by atoms with Crippen LogP contribution in [-0.4, -0.2) is 38.6 Å². The van der Waals surface area contributed by atoms with Crippen LogP contribution in [0.3, 0.4) is 0 Å². The summed E-state index contributed by atoms with van der Waals surface area (Å²) in [5.74, 6) is -0.385. The minimum absolute atomic E-state index is 0.00000117. The van der Waals surface area contributed by atoms with E-state index in [1.54, 1.807) is 24.3 Å². The van der Waals surface area contributed by atoms with Crippen molar-refractivity contribution >= 4 is 21.6 Å². The van der Waals surface area contributed by atoms with Gasteiger partial charge in [-0.3, -0.25) is 9.10 Å². The van der Waals surface area contributed by atoms with Gasteiger partial charge in [0.15, 0.2) is 0 Å². The van der Waals surface area contributed by atoms with Crippen LogP contribution >= 0.6 is 0 Å². The van der Waals surface area contributed by atoms with E-state index in [1.165, 1.54) is 27.4 Å². The number of halogens is 3. The average Bonchev–Trinajstić information content (AvgIpc) is 3.49. The van der Waals surface area contributed by atoms with Gasteiger partial charge in [0.1, 0.15) is 0 Å². The second-order valence-electron chi connectivity index (χ2n) is 7.82. The number of carbonyl (C=O) groups excluding carboxylic acids is 1. The number of amides is 1. The molecule has 1 fully saturated rings. The molecule has 1 saturated carbocycles. The van der Waals surface area contributed by atoms with Gasteiger partial charge in [0.25, 0.3) is 0 Å². The number of hydrogen-bond acceptors (Lipinski definition) is 3. The van der Waals surface area contributed by atoms with E-state index in [2.05, 4.69) is 0 Å². The number of rotatable bonds is 3. The Morgan fingerprint density at radius 1 is 1.00 bits per heavy atom. The van der Waals surface area contributed by atoms with Gasteiger partial charge in [-0.2, -0.15) is 13.2 Å². The molecule has 0 atom stereocenters. The number of carbonyl (C=O) groups is 1. The Morgan fingerprint density at radius 2 is 1.63 bits per heavy atom. The van der Waals surface area contributed by atoms with Crippen LogP contribution in [0.4, 0.5) is 18.9 Å². The second kappa shape index (κ2) is 7.01. The lowest BCUT2D eigenvalue weighted by molar-refractivity contribution is -0.140. The molecule has 0 N–H and O–H groups in total. The molecule has 0 unspecified atom stereocenters. The SMILES string of the molecule is CS(=O)(=O)N1CCN(C(=O)C2(c3ccccc3C(F)(F)F)CC2)Cc2ccccc21. The zero-order valence-corrected chi connectivity index (χ0v) is 17.1. The summed E-state index contributed by atoms with van der Waals surface area (Å²) in [4.78, 5) is 15.0. The molecule has 0 saturated heterocycles. The Labute approximate surface area is 173 Å². The Balaban J connectivity index is 1.71. The van der Waals surface area contributed by atoms with Crippen LogP contribution in [0.25, 0.3) is 0 Å². The van der Waals surface area contributed by atoms with Crippen LogP contribution in [-0.2, 0) is 33.0 Å². The van der Waals surface area contributed by atoms with Crippen LogP contribution in [0.5, 0.6) is 0 Å². The second-order valence-corrected chi connectivity index (χ2v) is 9.72. The maximum atomic E-state index is 13.6. The highest BCUT2D eigenvalue weighted by Crippen LogP contribution is 2.53. The van der Waals surface area contributed by atoms with Crippen molar-refractivity contribution in [1.82, 2.24) is 4.90 Å². The molecule has 0 spiro atoms. The molecule has 1 heterocycles. The lowest BCUT2D eigenvalue weighted by Gasteiger charge is -2.28. The third kappa shape index (κ3) is 3.55. The first-order chi connectivity index (χ1) is 14.0. The van der Waals surface area contributed by atoms with Crippen molar-refractivity contribution in [2.45, 2.75) is 31.0 Å². The topological polar surface area (TPSA) is 57.7 Å². The Hall–Kier alpha value is -2.55. The third-order valence-corrected chi connectivity index (χ3v) is 6.97. The van der Waals surface area contributed by atoms with Gasteiger partial charge in [-0.1, -0.05) is 36.4 Å². The summed E-state index contributed by atoms with van der Waals surface area (Å²) in [7, 11) is -3.56. The highest BCUT2D eigenvalue weighted by molar-refractivity contribution is 7.92. The zero-order valence-electron chi connectivity index (χ0n) is 16.3. The van der Waals surface area contributed by atoms with E-state index >= 15 is 0 Å². The molecule has 9 heteroatoms. The van der Waals surface area contributed by atoms with Crippen LogP contribution in [0.15, 0.2) is 48.5 Å². The fourth-order valence-corrected chi connectivity index (χ4v) is 5.14. The maximum Gasteiger partial charge on any atom is 0.416 e. The normalized spacial score (nSPS) is 18.5. The van der Waals surface area contributed by atoms with Crippen molar-refractivity contribution in [3.05, 3.63) is 65.2 Å². The molecule has 0 aromatic heterocycles. The van der Waals surface area contributed by atoms with E-state index in [0.717, 1.165) is 12.3 Å².